The number of nitrogens with zero attached hydrogens (tertiary/aromatic N) is 2. The van der Waals surface area contributed by atoms with E-state index in [9.17, 15) is 0 Å². The molecule has 1 heterocycles. The van der Waals surface area contributed by atoms with Gasteiger partial charge in [0.1, 0.15) is 0 Å². The highest BCUT2D eigenvalue weighted by Crippen LogP contribution is 2.38. The highest BCUT2D eigenvalue weighted by atomic mass is 15.1. The number of anilines is 2. The molecule has 1 aliphatic carbocycles. The second-order valence-electron chi connectivity index (χ2n) is 5.92. The average molecular weight is 255 g/mol. The molecule has 2 unspecified atom stereocenters. The summed E-state index contributed by atoms with van der Waals surface area (Å²) in [6, 6.07) is 7.82. The Labute approximate surface area is 115 Å². The molecule has 1 saturated carbocycles. The molecule has 0 bridgehead atoms. The molecule has 3 rings (SSSR count). The highest BCUT2D eigenvalue weighted by molar-refractivity contribution is 5.69. The molecule has 0 radical (unpaired) electrons. The predicted octanol–water partition coefficient (Wildman–Crippen LogP) is 3.16. The van der Waals surface area contributed by atoms with Crippen molar-refractivity contribution in [2.24, 2.45) is 11.8 Å². The molecule has 2 fully saturated rings. The van der Waals surface area contributed by atoms with E-state index in [1.807, 2.05) is 12.1 Å². The molecule has 2 atom stereocenters. The zero-order chi connectivity index (χ0) is 13.2. The van der Waals surface area contributed by atoms with Crippen molar-refractivity contribution in [3.05, 3.63) is 23.8 Å². The number of nitrogen functional groups attached to an aromatic ring is 1. The Morgan fingerprint density at radius 1 is 1.16 bits per heavy atom. The Hall–Kier alpha value is -1.69. The molecule has 1 aromatic rings. The lowest BCUT2D eigenvalue weighted by Crippen LogP contribution is -2.42. The van der Waals surface area contributed by atoms with Gasteiger partial charge >= 0.3 is 0 Å². The molecule has 19 heavy (non-hydrogen) atoms. The minimum Gasteiger partial charge on any atom is -0.397 e. The monoisotopic (exact) mass is 255 g/mol. The molecule has 1 aliphatic heterocycles. The second-order valence-corrected chi connectivity index (χ2v) is 5.92. The van der Waals surface area contributed by atoms with Crippen LogP contribution in [0, 0.1) is 23.2 Å². The van der Waals surface area contributed by atoms with Gasteiger partial charge in [-0.05, 0) is 42.9 Å². The normalized spacial score (nSPS) is 26.6. The van der Waals surface area contributed by atoms with E-state index in [4.69, 9.17) is 11.0 Å². The van der Waals surface area contributed by atoms with E-state index in [0.717, 1.165) is 36.3 Å². The fourth-order valence-corrected chi connectivity index (χ4v) is 3.73. The van der Waals surface area contributed by atoms with E-state index in [1.165, 1.54) is 32.1 Å². The van der Waals surface area contributed by atoms with Crippen molar-refractivity contribution in [2.75, 3.05) is 23.7 Å². The van der Waals surface area contributed by atoms with Crippen molar-refractivity contribution in [2.45, 2.75) is 32.1 Å². The number of nitriles is 1. The molecular formula is C16H21N3. The van der Waals surface area contributed by atoms with Crippen LogP contribution in [0.25, 0.3) is 0 Å². The van der Waals surface area contributed by atoms with Gasteiger partial charge in [-0.3, -0.25) is 0 Å². The maximum atomic E-state index is 8.90. The van der Waals surface area contributed by atoms with Crippen LogP contribution in [0.4, 0.5) is 11.4 Å². The molecule has 1 aromatic carbocycles. The van der Waals surface area contributed by atoms with Crippen LogP contribution in [-0.2, 0) is 0 Å². The molecule has 2 N–H and O–H groups in total. The van der Waals surface area contributed by atoms with Gasteiger partial charge in [0.2, 0.25) is 0 Å². The van der Waals surface area contributed by atoms with Crippen LogP contribution in [0.5, 0.6) is 0 Å². The van der Waals surface area contributed by atoms with E-state index < -0.39 is 0 Å². The molecular weight excluding hydrogens is 234 g/mol. The van der Waals surface area contributed by atoms with Gasteiger partial charge in [-0.15, -0.1) is 0 Å². The quantitative estimate of drug-likeness (QED) is 0.784. The lowest BCUT2D eigenvalue weighted by molar-refractivity contribution is 0.202. The molecule has 100 valence electrons. The number of piperidine rings is 1. The lowest BCUT2D eigenvalue weighted by atomic mass is 9.75. The number of fused-ring (bicyclic) bond motifs is 1. The first-order chi connectivity index (χ1) is 9.28. The summed E-state index contributed by atoms with van der Waals surface area (Å²) in [4.78, 5) is 2.42. The summed E-state index contributed by atoms with van der Waals surface area (Å²) in [5.41, 5.74) is 8.61. The van der Waals surface area contributed by atoms with Gasteiger partial charge in [-0.25, -0.2) is 0 Å². The van der Waals surface area contributed by atoms with Gasteiger partial charge < -0.3 is 10.6 Å². The second kappa shape index (κ2) is 5.13. The predicted molar refractivity (Wildman–Crippen MR) is 77.8 cm³/mol. The van der Waals surface area contributed by atoms with Crippen LogP contribution in [0.3, 0.4) is 0 Å². The Balaban J connectivity index is 1.78. The van der Waals surface area contributed by atoms with Crippen molar-refractivity contribution >= 4 is 11.4 Å². The van der Waals surface area contributed by atoms with Crippen molar-refractivity contribution in [3.8, 4) is 6.07 Å². The average Bonchev–Trinajstić information content (AvgIpc) is 2.46. The minimum atomic E-state index is 0.647. The van der Waals surface area contributed by atoms with Crippen LogP contribution in [0.1, 0.15) is 37.7 Å². The van der Waals surface area contributed by atoms with E-state index in [0.29, 0.717) is 5.56 Å². The van der Waals surface area contributed by atoms with Crippen LogP contribution in [-0.4, -0.2) is 13.1 Å². The summed E-state index contributed by atoms with van der Waals surface area (Å²) < 4.78 is 0. The topological polar surface area (TPSA) is 53.0 Å². The molecule has 2 aliphatic rings. The van der Waals surface area contributed by atoms with Gasteiger partial charge in [-0.2, -0.15) is 5.26 Å². The summed E-state index contributed by atoms with van der Waals surface area (Å²) in [6.45, 7) is 2.25. The van der Waals surface area contributed by atoms with Crippen LogP contribution in [0.2, 0.25) is 0 Å². The van der Waals surface area contributed by atoms with E-state index >= 15 is 0 Å². The SMILES string of the molecule is N#Cc1ccc(N2CCC3CCCCC3C2)c(N)c1. The van der Waals surface area contributed by atoms with E-state index in [-0.39, 0.29) is 0 Å². The maximum Gasteiger partial charge on any atom is 0.0992 e. The van der Waals surface area contributed by atoms with E-state index in [2.05, 4.69) is 11.0 Å². The molecule has 1 saturated heterocycles. The zero-order valence-corrected chi connectivity index (χ0v) is 11.3. The first-order valence-corrected chi connectivity index (χ1v) is 7.32. The Kier molecular flexibility index (Phi) is 3.33. The third kappa shape index (κ3) is 2.40. The summed E-state index contributed by atoms with van der Waals surface area (Å²) in [6.07, 6.45) is 6.89. The third-order valence-electron chi connectivity index (χ3n) is 4.79. The Morgan fingerprint density at radius 2 is 1.95 bits per heavy atom. The summed E-state index contributed by atoms with van der Waals surface area (Å²) in [7, 11) is 0. The van der Waals surface area contributed by atoms with Crippen molar-refractivity contribution in [1.82, 2.24) is 0 Å². The number of hydrogen-bond donors (Lipinski definition) is 1. The third-order valence-corrected chi connectivity index (χ3v) is 4.79. The molecule has 0 spiro atoms. The maximum absolute atomic E-state index is 8.90. The Bertz CT molecular complexity index is 503. The molecule has 0 amide bonds. The summed E-state index contributed by atoms with van der Waals surface area (Å²) >= 11 is 0. The number of benzene rings is 1. The smallest absolute Gasteiger partial charge is 0.0992 e. The standard InChI is InChI=1S/C16H21N3/c17-10-12-5-6-16(15(18)9-12)19-8-7-13-3-1-2-4-14(13)11-19/h5-6,9,13-14H,1-4,7-8,11,18H2. The van der Waals surface area contributed by atoms with Crippen LogP contribution in [0.15, 0.2) is 18.2 Å². The van der Waals surface area contributed by atoms with Gasteiger partial charge in [-0.1, -0.05) is 19.3 Å². The van der Waals surface area contributed by atoms with Crippen LogP contribution < -0.4 is 10.6 Å². The number of hydrogen-bond acceptors (Lipinski definition) is 3. The summed E-state index contributed by atoms with van der Waals surface area (Å²) in [5.74, 6) is 1.78. The van der Waals surface area contributed by atoms with Gasteiger partial charge in [0.05, 0.1) is 23.0 Å². The van der Waals surface area contributed by atoms with Gasteiger partial charge in [0.25, 0.3) is 0 Å². The fourth-order valence-electron chi connectivity index (χ4n) is 3.73. The first-order valence-electron chi connectivity index (χ1n) is 7.32. The lowest BCUT2D eigenvalue weighted by Gasteiger charge is -2.42. The minimum absolute atomic E-state index is 0.647. The van der Waals surface area contributed by atoms with Gasteiger partial charge in [0.15, 0.2) is 0 Å². The molecule has 3 nitrogen and oxygen atoms in total. The Morgan fingerprint density at radius 3 is 2.68 bits per heavy atom. The van der Waals surface area contributed by atoms with Gasteiger partial charge in [0, 0.05) is 13.1 Å². The largest absolute Gasteiger partial charge is 0.397 e. The molecule has 3 heteroatoms. The summed E-state index contributed by atoms with van der Waals surface area (Å²) in [5, 5.41) is 8.90. The zero-order valence-electron chi connectivity index (χ0n) is 11.3. The number of rotatable bonds is 1. The number of nitrogens with two attached hydrogens (primary N) is 1. The highest BCUT2D eigenvalue weighted by Gasteiger charge is 2.31. The van der Waals surface area contributed by atoms with Crippen molar-refractivity contribution in [1.29, 1.82) is 5.26 Å². The van der Waals surface area contributed by atoms with Crippen molar-refractivity contribution < 1.29 is 0 Å². The van der Waals surface area contributed by atoms with Crippen molar-refractivity contribution in [3.63, 3.8) is 0 Å². The molecule has 0 aromatic heterocycles. The van der Waals surface area contributed by atoms with E-state index in [1.54, 1.807) is 6.07 Å². The first kappa shape index (κ1) is 12.3. The fraction of sp³-hybridized carbons (Fsp3) is 0.562. The van der Waals surface area contributed by atoms with Crippen LogP contribution >= 0.6 is 0 Å².